The van der Waals surface area contributed by atoms with Gasteiger partial charge in [0.25, 0.3) is 11.1 Å². The number of hydrogen-bond donors (Lipinski definition) is 2. The highest BCUT2D eigenvalue weighted by Gasteiger charge is 2.31. The van der Waals surface area contributed by atoms with Crippen molar-refractivity contribution in [3.05, 3.63) is 88.2 Å². The van der Waals surface area contributed by atoms with Crippen LogP contribution in [0.1, 0.15) is 28.2 Å². The van der Waals surface area contributed by atoms with Gasteiger partial charge in [-0.05, 0) is 17.7 Å². The highest BCUT2D eigenvalue weighted by Crippen LogP contribution is 2.33. The van der Waals surface area contributed by atoms with Crippen LogP contribution < -0.4 is 34.0 Å². The van der Waals surface area contributed by atoms with Crippen LogP contribution in [0.4, 0.5) is 11.6 Å². The lowest BCUT2D eigenvalue weighted by atomic mass is 9.85. The van der Waals surface area contributed by atoms with Crippen molar-refractivity contribution in [3.8, 4) is 6.07 Å². The van der Waals surface area contributed by atoms with Gasteiger partial charge in [0, 0.05) is 28.2 Å². The number of nitrogens with two attached hydrogens (primary N) is 2. The zero-order valence-corrected chi connectivity index (χ0v) is 17.4. The minimum absolute atomic E-state index is 0.0447. The monoisotopic (exact) mass is 423 g/mol. The Kier molecular flexibility index (Phi) is 5.17. The van der Waals surface area contributed by atoms with E-state index in [-0.39, 0.29) is 22.8 Å². The Bertz CT molecular complexity index is 1400. The van der Waals surface area contributed by atoms with Crippen molar-refractivity contribution in [2.24, 2.45) is 28.2 Å². The maximum atomic E-state index is 13.1. The summed E-state index contributed by atoms with van der Waals surface area (Å²) in [5, 5.41) is 9.11. The summed E-state index contributed by atoms with van der Waals surface area (Å²) in [7, 11) is 5.40. The molecular formula is C20H21N7O4. The van der Waals surface area contributed by atoms with Crippen molar-refractivity contribution in [2.75, 3.05) is 11.5 Å². The van der Waals surface area contributed by atoms with Gasteiger partial charge >= 0.3 is 11.4 Å². The number of benzene rings is 1. The van der Waals surface area contributed by atoms with Gasteiger partial charge in [-0.15, -0.1) is 0 Å². The van der Waals surface area contributed by atoms with Crippen LogP contribution in [0, 0.1) is 11.3 Å². The summed E-state index contributed by atoms with van der Waals surface area (Å²) in [4.78, 5) is 50.9. The largest absolute Gasteiger partial charge is 0.385 e. The molecule has 0 fully saturated rings. The molecule has 0 saturated heterocycles. The molecule has 0 bridgehead atoms. The molecule has 160 valence electrons. The lowest BCUT2D eigenvalue weighted by Crippen LogP contribution is -2.44. The molecule has 2 aromatic heterocycles. The predicted octanol–water partition coefficient (Wildman–Crippen LogP) is -1.30. The molecule has 4 N–H and O–H groups in total. The van der Waals surface area contributed by atoms with Crippen LogP contribution in [0.15, 0.2) is 43.4 Å². The highest BCUT2D eigenvalue weighted by molar-refractivity contribution is 5.57. The van der Waals surface area contributed by atoms with Crippen molar-refractivity contribution in [3.63, 3.8) is 0 Å². The van der Waals surface area contributed by atoms with E-state index in [1.807, 2.05) is 6.07 Å². The predicted molar refractivity (Wildman–Crippen MR) is 115 cm³/mol. The van der Waals surface area contributed by atoms with E-state index in [1.54, 1.807) is 12.1 Å². The molecule has 0 spiro atoms. The van der Waals surface area contributed by atoms with Crippen molar-refractivity contribution in [1.29, 1.82) is 5.26 Å². The molecule has 0 aliphatic rings. The summed E-state index contributed by atoms with van der Waals surface area (Å²) in [6.07, 6.45) is 0. The van der Waals surface area contributed by atoms with Crippen LogP contribution in [-0.4, -0.2) is 18.3 Å². The van der Waals surface area contributed by atoms with E-state index in [1.165, 1.54) is 40.3 Å². The zero-order chi connectivity index (χ0) is 23.2. The maximum absolute atomic E-state index is 13.1. The summed E-state index contributed by atoms with van der Waals surface area (Å²) in [5.74, 6) is -1.38. The van der Waals surface area contributed by atoms with Gasteiger partial charge in [-0.1, -0.05) is 12.1 Å². The number of nitriles is 1. The quantitative estimate of drug-likeness (QED) is 0.528. The third-order valence-electron chi connectivity index (χ3n) is 5.44. The van der Waals surface area contributed by atoms with Gasteiger partial charge in [-0.3, -0.25) is 27.9 Å². The minimum Gasteiger partial charge on any atom is -0.385 e. The van der Waals surface area contributed by atoms with E-state index in [9.17, 15) is 19.2 Å². The summed E-state index contributed by atoms with van der Waals surface area (Å²) in [6, 6.07) is 8.17. The average Bonchev–Trinajstić information content (AvgIpc) is 2.78. The van der Waals surface area contributed by atoms with Crippen LogP contribution in [0.5, 0.6) is 0 Å². The van der Waals surface area contributed by atoms with E-state index < -0.39 is 28.4 Å². The van der Waals surface area contributed by atoms with Crippen LogP contribution in [0.3, 0.4) is 0 Å². The fraction of sp³-hybridized carbons (Fsp3) is 0.250. The topological polar surface area (TPSA) is 164 Å². The third-order valence-corrected chi connectivity index (χ3v) is 5.44. The zero-order valence-electron chi connectivity index (χ0n) is 17.4. The van der Waals surface area contributed by atoms with Gasteiger partial charge in [-0.2, -0.15) is 5.26 Å². The van der Waals surface area contributed by atoms with Crippen molar-refractivity contribution in [1.82, 2.24) is 18.3 Å². The summed E-state index contributed by atoms with van der Waals surface area (Å²) in [5.41, 5.74) is 10.4. The van der Waals surface area contributed by atoms with Crippen molar-refractivity contribution < 1.29 is 0 Å². The molecule has 0 unspecified atom stereocenters. The normalized spacial score (nSPS) is 11.0. The van der Waals surface area contributed by atoms with Gasteiger partial charge in [-0.25, -0.2) is 9.59 Å². The molecule has 11 nitrogen and oxygen atoms in total. The summed E-state index contributed by atoms with van der Waals surface area (Å²) in [6.45, 7) is 0. The Labute approximate surface area is 175 Å². The maximum Gasteiger partial charge on any atom is 0.332 e. The van der Waals surface area contributed by atoms with Gasteiger partial charge in [0.2, 0.25) is 0 Å². The number of rotatable bonds is 3. The molecule has 31 heavy (non-hydrogen) atoms. The first-order valence-corrected chi connectivity index (χ1v) is 9.13. The fourth-order valence-electron chi connectivity index (χ4n) is 3.54. The highest BCUT2D eigenvalue weighted by atomic mass is 16.2. The molecule has 2 heterocycles. The molecule has 11 heteroatoms. The third kappa shape index (κ3) is 3.14. The van der Waals surface area contributed by atoms with E-state index >= 15 is 0 Å². The second-order valence-electron chi connectivity index (χ2n) is 7.18. The lowest BCUT2D eigenvalue weighted by Gasteiger charge is -2.23. The molecular weight excluding hydrogens is 402 g/mol. The van der Waals surface area contributed by atoms with Gasteiger partial charge in [0.05, 0.1) is 28.7 Å². The lowest BCUT2D eigenvalue weighted by molar-refractivity contribution is 0.654. The molecule has 0 atom stereocenters. The van der Waals surface area contributed by atoms with Gasteiger partial charge in [0.1, 0.15) is 11.6 Å². The average molecular weight is 423 g/mol. The van der Waals surface area contributed by atoms with Crippen molar-refractivity contribution >= 4 is 11.6 Å². The van der Waals surface area contributed by atoms with Crippen molar-refractivity contribution in [2.45, 2.75) is 5.92 Å². The van der Waals surface area contributed by atoms with Crippen LogP contribution in [-0.2, 0) is 28.2 Å². The van der Waals surface area contributed by atoms with E-state index in [0.29, 0.717) is 11.1 Å². The number of nitrogens with zero attached hydrogens (tertiary/aromatic N) is 5. The number of aromatic nitrogens is 4. The molecule has 0 aliphatic carbocycles. The smallest absolute Gasteiger partial charge is 0.332 e. The molecule has 0 aliphatic heterocycles. The second kappa shape index (κ2) is 7.49. The second-order valence-corrected chi connectivity index (χ2v) is 7.18. The Balaban J connectivity index is 2.56. The standard InChI is InChI=1S/C20H21N7O4/c1-24-15(22)13(17(28)26(3)19(24)30)12(11-7-5-10(9-21)6-8-11)14-16(23)25(2)20(31)27(4)18(14)29/h5-8,12H,22-23H2,1-4H3. The molecule has 3 rings (SSSR count). The summed E-state index contributed by atoms with van der Waals surface area (Å²) < 4.78 is 3.95. The molecule has 3 aromatic rings. The van der Waals surface area contributed by atoms with Gasteiger partial charge in [0.15, 0.2) is 0 Å². The Hall–Kier alpha value is -4.33. The first-order valence-electron chi connectivity index (χ1n) is 9.13. The van der Waals surface area contributed by atoms with E-state index in [2.05, 4.69) is 0 Å². The summed E-state index contributed by atoms with van der Waals surface area (Å²) >= 11 is 0. The molecule has 0 radical (unpaired) electrons. The number of nitrogen functional groups attached to an aromatic ring is 2. The van der Waals surface area contributed by atoms with Crippen LogP contribution in [0.2, 0.25) is 0 Å². The first kappa shape index (κ1) is 21.4. The van der Waals surface area contributed by atoms with Crippen LogP contribution >= 0.6 is 0 Å². The van der Waals surface area contributed by atoms with Crippen LogP contribution in [0.25, 0.3) is 0 Å². The van der Waals surface area contributed by atoms with Gasteiger partial charge < -0.3 is 11.5 Å². The molecule has 0 saturated carbocycles. The fourth-order valence-corrected chi connectivity index (χ4v) is 3.54. The molecule has 1 aromatic carbocycles. The van der Waals surface area contributed by atoms with E-state index in [0.717, 1.165) is 18.3 Å². The Morgan fingerprint density at radius 2 is 1.13 bits per heavy atom. The Morgan fingerprint density at radius 3 is 1.48 bits per heavy atom. The minimum atomic E-state index is -1.09. The number of anilines is 2. The number of hydrogen-bond acceptors (Lipinski definition) is 7. The van der Waals surface area contributed by atoms with E-state index in [4.69, 9.17) is 16.7 Å². The Morgan fingerprint density at radius 1 is 0.742 bits per heavy atom. The SMILES string of the molecule is Cn1c(N)c(C(c2ccc(C#N)cc2)c2c(N)n(C)c(=O)n(C)c2=O)c(=O)n(C)c1=O. The molecule has 0 amide bonds. The first-order chi connectivity index (χ1) is 14.5.